The van der Waals surface area contributed by atoms with Crippen molar-refractivity contribution in [3.05, 3.63) is 44.0 Å². The first-order chi connectivity index (χ1) is 13.0. The molecule has 1 heterocycles. The van der Waals surface area contributed by atoms with Gasteiger partial charge >= 0.3 is 11.9 Å². The Labute approximate surface area is 172 Å². The minimum Gasteiger partial charge on any atom is -0.468 e. The van der Waals surface area contributed by atoms with Crippen LogP contribution in [0.1, 0.15) is 30.6 Å². The summed E-state index contributed by atoms with van der Waals surface area (Å²) in [4.78, 5) is 44.9. The quantitative estimate of drug-likeness (QED) is 0.186. The normalized spacial score (nSPS) is 23.5. The van der Waals surface area contributed by atoms with Crippen molar-refractivity contribution in [3.8, 4) is 0 Å². The van der Waals surface area contributed by atoms with Crippen LogP contribution in [0.3, 0.4) is 0 Å². The van der Waals surface area contributed by atoms with E-state index in [2.05, 4.69) is 0 Å². The smallest absolute Gasteiger partial charge is 0.339 e. The fourth-order valence-electron chi connectivity index (χ4n) is 2.88. The molecule has 0 unspecified atom stereocenters. The molecule has 0 spiro atoms. The zero-order valence-electron chi connectivity index (χ0n) is 15.1. The topological polar surface area (TPSA) is 148 Å². The van der Waals surface area contributed by atoms with E-state index in [1.165, 1.54) is 7.11 Å². The van der Waals surface area contributed by atoms with E-state index in [-0.39, 0.29) is 18.1 Å². The summed E-state index contributed by atoms with van der Waals surface area (Å²) in [5.74, 6) is -1.56. The molecule has 1 aromatic carbocycles. The Kier molecular flexibility index (Phi) is 6.54. The van der Waals surface area contributed by atoms with E-state index in [1.807, 2.05) is 22.6 Å². The number of nitrogens with zero attached hydrogens (tertiary/aromatic N) is 2. The van der Waals surface area contributed by atoms with E-state index in [0.717, 1.165) is 18.2 Å². The maximum Gasteiger partial charge on any atom is 0.339 e. The lowest BCUT2D eigenvalue weighted by Crippen LogP contribution is -2.48. The number of hydrogen-bond acceptors (Lipinski definition) is 9. The third-order valence-electron chi connectivity index (χ3n) is 4.22. The number of nitro benzene ring substituents is 2. The van der Waals surface area contributed by atoms with E-state index in [4.69, 9.17) is 14.2 Å². The second-order valence-electron chi connectivity index (χ2n) is 6.37. The number of ether oxygens (including phenoxy) is 3. The lowest BCUT2D eigenvalue weighted by Gasteiger charge is -2.30. The molecule has 4 atom stereocenters. The van der Waals surface area contributed by atoms with E-state index in [0.29, 0.717) is 0 Å². The summed E-state index contributed by atoms with van der Waals surface area (Å²) in [5.41, 5.74) is -1.56. The standard InChI is InChI=1S/C16H17IN2O9/c1-8-4-12(13(27-8)16(2,17)15(21)26-3)28-14(20)9-5-10(18(22)23)7-11(6-9)19(24)25/h5-8,12-13H,4H2,1-3H3/t8-,12-,13-,16-/m0/s1. The SMILES string of the molecule is COC(=O)[C@@](C)(I)[C@H]1O[C@@H](C)C[C@@H]1OC(=O)c1cc([N+](=O)[O-])cc([N+](=O)[O-])c1. The second kappa shape index (κ2) is 8.34. The highest BCUT2D eigenvalue weighted by Crippen LogP contribution is 2.37. The van der Waals surface area contributed by atoms with Gasteiger partial charge in [0.25, 0.3) is 11.4 Å². The van der Waals surface area contributed by atoms with E-state index < -0.39 is 48.8 Å². The molecule has 1 fully saturated rings. The average Bonchev–Trinajstić information content (AvgIpc) is 3.01. The van der Waals surface area contributed by atoms with Crippen molar-refractivity contribution in [3.63, 3.8) is 0 Å². The van der Waals surface area contributed by atoms with Gasteiger partial charge in [-0.15, -0.1) is 0 Å². The van der Waals surface area contributed by atoms with Crippen LogP contribution < -0.4 is 0 Å². The van der Waals surface area contributed by atoms with Gasteiger partial charge in [0.05, 0.1) is 34.7 Å². The van der Waals surface area contributed by atoms with Gasteiger partial charge in [0, 0.05) is 18.6 Å². The lowest BCUT2D eigenvalue weighted by molar-refractivity contribution is -0.394. The maximum atomic E-state index is 12.5. The van der Waals surface area contributed by atoms with E-state index >= 15 is 0 Å². The Hall–Kier alpha value is -2.35. The van der Waals surface area contributed by atoms with Crippen molar-refractivity contribution in [2.24, 2.45) is 0 Å². The Balaban J connectivity index is 2.31. The number of alkyl halides is 1. The van der Waals surface area contributed by atoms with Crippen LogP contribution in [0.4, 0.5) is 11.4 Å². The molecule has 0 bridgehead atoms. The molecular formula is C16H17IN2O9. The maximum absolute atomic E-state index is 12.5. The van der Waals surface area contributed by atoms with Gasteiger partial charge in [0.1, 0.15) is 15.6 Å². The number of halogens is 1. The molecule has 0 aromatic heterocycles. The zero-order valence-corrected chi connectivity index (χ0v) is 17.3. The molecule has 1 aliphatic rings. The van der Waals surface area contributed by atoms with Gasteiger partial charge in [-0.2, -0.15) is 0 Å². The molecule has 0 aliphatic carbocycles. The van der Waals surface area contributed by atoms with Gasteiger partial charge in [0.15, 0.2) is 0 Å². The van der Waals surface area contributed by atoms with Crippen LogP contribution in [0.5, 0.6) is 0 Å². The number of nitro groups is 2. The summed E-state index contributed by atoms with van der Waals surface area (Å²) in [7, 11) is 1.22. The number of benzene rings is 1. The van der Waals surface area contributed by atoms with Crippen LogP contribution in [-0.2, 0) is 19.0 Å². The fraction of sp³-hybridized carbons (Fsp3) is 0.500. The predicted molar refractivity (Wildman–Crippen MR) is 102 cm³/mol. The summed E-state index contributed by atoms with van der Waals surface area (Å²) in [6.07, 6.45) is -1.71. The Morgan fingerprint density at radius 2 is 1.75 bits per heavy atom. The first-order valence-corrected chi connectivity index (χ1v) is 9.12. The number of non-ortho nitro benzene ring substituents is 2. The Bertz CT molecular complexity index is 794. The van der Waals surface area contributed by atoms with E-state index in [9.17, 15) is 29.8 Å². The van der Waals surface area contributed by atoms with Crippen LogP contribution in [0.2, 0.25) is 0 Å². The molecule has 0 amide bonds. The molecule has 1 aliphatic heterocycles. The van der Waals surface area contributed by atoms with Gasteiger partial charge in [-0.25, -0.2) is 4.79 Å². The third-order valence-corrected chi connectivity index (χ3v) is 5.27. The molecule has 152 valence electrons. The van der Waals surface area contributed by atoms with Gasteiger partial charge < -0.3 is 14.2 Å². The molecule has 0 N–H and O–H groups in total. The van der Waals surface area contributed by atoms with Crippen LogP contribution >= 0.6 is 22.6 Å². The molecule has 1 aromatic rings. The number of carbonyl (C=O) groups excluding carboxylic acids is 2. The van der Waals surface area contributed by atoms with Crippen molar-refractivity contribution >= 4 is 45.9 Å². The average molecular weight is 508 g/mol. The van der Waals surface area contributed by atoms with Gasteiger partial charge in [-0.1, -0.05) is 22.6 Å². The predicted octanol–water partition coefficient (Wildman–Crippen LogP) is 2.57. The minimum absolute atomic E-state index is 0.281. The largest absolute Gasteiger partial charge is 0.468 e. The molecule has 0 radical (unpaired) electrons. The van der Waals surface area contributed by atoms with Crippen LogP contribution in [0.25, 0.3) is 0 Å². The first kappa shape index (κ1) is 21.9. The highest BCUT2D eigenvalue weighted by atomic mass is 127. The Morgan fingerprint density at radius 1 is 1.21 bits per heavy atom. The molecule has 2 rings (SSSR count). The van der Waals surface area contributed by atoms with Crippen LogP contribution in [0, 0.1) is 20.2 Å². The zero-order chi connectivity index (χ0) is 21.2. The lowest BCUT2D eigenvalue weighted by atomic mass is 9.99. The summed E-state index contributed by atoms with van der Waals surface area (Å²) in [5, 5.41) is 22.0. The molecule has 12 heteroatoms. The van der Waals surface area contributed by atoms with Crippen molar-refractivity contribution < 1.29 is 33.6 Å². The Morgan fingerprint density at radius 3 is 2.21 bits per heavy atom. The third kappa shape index (κ3) is 4.55. The summed E-state index contributed by atoms with van der Waals surface area (Å²) >= 11 is 1.85. The van der Waals surface area contributed by atoms with Crippen LogP contribution in [-0.4, -0.2) is 50.6 Å². The molecule has 1 saturated heterocycles. The highest BCUT2D eigenvalue weighted by Gasteiger charge is 2.51. The van der Waals surface area contributed by atoms with Crippen molar-refractivity contribution in [1.29, 1.82) is 0 Å². The van der Waals surface area contributed by atoms with Crippen LogP contribution in [0.15, 0.2) is 18.2 Å². The number of carbonyl (C=O) groups is 2. The number of rotatable bonds is 6. The van der Waals surface area contributed by atoms with Gasteiger partial charge in [-0.3, -0.25) is 25.0 Å². The van der Waals surface area contributed by atoms with Crippen molar-refractivity contribution in [2.45, 2.75) is 42.0 Å². The summed E-state index contributed by atoms with van der Waals surface area (Å²) < 4.78 is 14.7. The number of hydrogen-bond donors (Lipinski definition) is 0. The monoisotopic (exact) mass is 508 g/mol. The highest BCUT2D eigenvalue weighted by molar-refractivity contribution is 14.1. The molecule has 0 saturated carbocycles. The second-order valence-corrected chi connectivity index (χ2v) is 8.61. The number of esters is 2. The minimum atomic E-state index is -1.16. The fourth-order valence-corrected chi connectivity index (χ4v) is 3.64. The van der Waals surface area contributed by atoms with Gasteiger partial charge in [0.2, 0.25) is 0 Å². The van der Waals surface area contributed by atoms with Crippen molar-refractivity contribution in [1.82, 2.24) is 0 Å². The molecular weight excluding hydrogens is 491 g/mol. The first-order valence-electron chi connectivity index (χ1n) is 8.05. The molecule has 28 heavy (non-hydrogen) atoms. The van der Waals surface area contributed by atoms with E-state index in [1.54, 1.807) is 13.8 Å². The van der Waals surface area contributed by atoms with Gasteiger partial charge in [-0.05, 0) is 13.8 Å². The molecule has 11 nitrogen and oxygen atoms in total. The summed E-state index contributed by atoms with van der Waals surface area (Å²) in [6, 6.07) is 2.54. The van der Waals surface area contributed by atoms with Crippen molar-refractivity contribution in [2.75, 3.05) is 7.11 Å². The number of methoxy groups -OCH3 is 1. The summed E-state index contributed by atoms with van der Waals surface area (Å²) in [6.45, 7) is 3.31.